The van der Waals surface area contributed by atoms with E-state index < -0.39 is 0 Å². The second-order valence-corrected chi connectivity index (χ2v) is 6.93. The Morgan fingerprint density at radius 1 is 1.07 bits per heavy atom. The molecule has 0 radical (unpaired) electrons. The monoisotopic (exact) mass is 393 g/mol. The average molecular weight is 394 g/mol. The number of nitrogens with one attached hydrogen (secondary N) is 2. The molecule has 7 heteroatoms. The minimum absolute atomic E-state index is 0.0331. The van der Waals surface area contributed by atoms with Gasteiger partial charge in [0, 0.05) is 52.5 Å². The Hall–Kier alpha value is -1.83. The van der Waals surface area contributed by atoms with Gasteiger partial charge in [-0.15, -0.1) is 0 Å². The summed E-state index contributed by atoms with van der Waals surface area (Å²) in [6.07, 6.45) is 2.88. The lowest BCUT2D eigenvalue weighted by atomic mass is 9.74. The third-order valence-electron chi connectivity index (χ3n) is 5.16. The molecule has 1 saturated heterocycles. The Morgan fingerprint density at radius 2 is 1.82 bits per heavy atom. The average Bonchev–Trinajstić information content (AvgIpc) is 2.76. The highest BCUT2D eigenvalue weighted by molar-refractivity contribution is 5.79. The van der Waals surface area contributed by atoms with Crippen LogP contribution in [-0.2, 0) is 19.6 Å². The zero-order valence-electron chi connectivity index (χ0n) is 17.5. The van der Waals surface area contributed by atoms with Gasteiger partial charge in [-0.05, 0) is 37.0 Å². The van der Waals surface area contributed by atoms with Gasteiger partial charge in [0.2, 0.25) is 0 Å². The standard InChI is InChI=1S/C21H35N3O4/c1-22-20(23-11-4-12-27-16-15-25-2)24-17-21(9-13-28-14-10-21)18-5-7-19(26-3)8-6-18/h5-8H,4,9-17H2,1-3H3,(H2,22,23,24). The zero-order chi connectivity index (χ0) is 20.1. The first-order valence-electron chi connectivity index (χ1n) is 9.97. The van der Waals surface area contributed by atoms with Crippen molar-refractivity contribution in [3.8, 4) is 5.75 Å². The van der Waals surface area contributed by atoms with Crippen LogP contribution in [0, 0.1) is 0 Å². The van der Waals surface area contributed by atoms with E-state index in [1.54, 1.807) is 21.3 Å². The van der Waals surface area contributed by atoms with E-state index in [-0.39, 0.29) is 5.41 Å². The lowest BCUT2D eigenvalue weighted by molar-refractivity contribution is 0.0513. The van der Waals surface area contributed by atoms with Crippen molar-refractivity contribution < 1.29 is 18.9 Å². The molecule has 0 aromatic heterocycles. The zero-order valence-corrected chi connectivity index (χ0v) is 17.5. The molecular weight excluding hydrogens is 358 g/mol. The van der Waals surface area contributed by atoms with Crippen molar-refractivity contribution >= 4 is 5.96 Å². The van der Waals surface area contributed by atoms with Crippen molar-refractivity contribution in [2.75, 3.05) is 67.4 Å². The molecule has 28 heavy (non-hydrogen) atoms. The van der Waals surface area contributed by atoms with Crippen molar-refractivity contribution in [2.45, 2.75) is 24.7 Å². The van der Waals surface area contributed by atoms with Gasteiger partial charge in [0.05, 0.1) is 20.3 Å². The predicted molar refractivity (Wildman–Crippen MR) is 111 cm³/mol. The first-order chi connectivity index (χ1) is 13.7. The molecule has 1 aliphatic rings. The summed E-state index contributed by atoms with van der Waals surface area (Å²) in [5, 5.41) is 6.87. The van der Waals surface area contributed by atoms with Crippen molar-refractivity contribution in [1.82, 2.24) is 10.6 Å². The van der Waals surface area contributed by atoms with Crippen molar-refractivity contribution in [1.29, 1.82) is 0 Å². The SMILES string of the molecule is CN=C(NCCCOCCOC)NCC1(c2ccc(OC)cc2)CCOCC1. The highest BCUT2D eigenvalue weighted by atomic mass is 16.5. The second-order valence-electron chi connectivity index (χ2n) is 6.93. The van der Waals surface area contributed by atoms with Gasteiger partial charge in [-0.3, -0.25) is 4.99 Å². The number of ether oxygens (including phenoxy) is 4. The van der Waals surface area contributed by atoms with E-state index in [2.05, 4.69) is 27.8 Å². The normalized spacial score (nSPS) is 16.6. The number of hydrogen-bond donors (Lipinski definition) is 2. The number of benzene rings is 1. The smallest absolute Gasteiger partial charge is 0.191 e. The third kappa shape index (κ3) is 6.96. The largest absolute Gasteiger partial charge is 0.497 e. The van der Waals surface area contributed by atoms with Crippen molar-refractivity contribution in [2.24, 2.45) is 4.99 Å². The summed E-state index contributed by atoms with van der Waals surface area (Å²) in [6, 6.07) is 8.39. The summed E-state index contributed by atoms with van der Waals surface area (Å²) in [6.45, 7) is 5.15. The molecule has 1 aromatic carbocycles. The third-order valence-corrected chi connectivity index (χ3v) is 5.16. The Balaban J connectivity index is 1.85. The van der Waals surface area contributed by atoms with Gasteiger partial charge in [0.15, 0.2) is 5.96 Å². The number of rotatable bonds is 11. The molecule has 0 amide bonds. The molecule has 0 bridgehead atoms. The van der Waals surface area contributed by atoms with Crippen molar-refractivity contribution in [3.05, 3.63) is 29.8 Å². The van der Waals surface area contributed by atoms with Crippen molar-refractivity contribution in [3.63, 3.8) is 0 Å². The molecule has 0 saturated carbocycles. The van der Waals surface area contributed by atoms with Gasteiger partial charge < -0.3 is 29.6 Å². The van der Waals surface area contributed by atoms with Crippen LogP contribution in [0.3, 0.4) is 0 Å². The Labute approximate surface area is 168 Å². The van der Waals surface area contributed by atoms with E-state index in [1.807, 2.05) is 12.1 Å². The van der Waals surface area contributed by atoms with Crippen LogP contribution in [0.5, 0.6) is 5.75 Å². The Morgan fingerprint density at radius 3 is 2.46 bits per heavy atom. The van der Waals surface area contributed by atoms with E-state index in [1.165, 1.54) is 5.56 Å². The summed E-state index contributed by atoms with van der Waals surface area (Å²) >= 11 is 0. The number of guanidine groups is 1. The highest BCUT2D eigenvalue weighted by Crippen LogP contribution is 2.35. The van der Waals surface area contributed by atoms with Crippen LogP contribution >= 0.6 is 0 Å². The predicted octanol–water partition coefficient (Wildman–Crippen LogP) is 1.96. The summed E-state index contributed by atoms with van der Waals surface area (Å²) < 4.78 is 21.4. The first kappa shape index (κ1) is 22.5. The van der Waals surface area contributed by atoms with Crippen LogP contribution in [0.4, 0.5) is 0 Å². The molecule has 1 heterocycles. The number of nitrogens with zero attached hydrogens (tertiary/aromatic N) is 1. The van der Waals surface area contributed by atoms with Gasteiger partial charge in [0.1, 0.15) is 5.75 Å². The molecule has 0 spiro atoms. The Kier molecular flexibility index (Phi) is 10.1. The van der Waals surface area contributed by atoms with Crippen LogP contribution in [0.1, 0.15) is 24.8 Å². The minimum atomic E-state index is 0.0331. The maximum atomic E-state index is 5.62. The number of hydrogen-bond acceptors (Lipinski definition) is 5. The lowest BCUT2D eigenvalue weighted by Crippen LogP contribution is -2.48. The minimum Gasteiger partial charge on any atom is -0.497 e. The topological polar surface area (TPSA) is 73.3 Å². The summed E-state index contributed by atoms with van der Waals surface area (Å²) in [4.78, 5) is 4.35. The Bertz CT molecular complexity index is 572. The fraction of sp³-hybridized carbons (Fsp3) is 0.667. The summed E-state index contributed by atoms with van der Waals surface area (Å²) in [5.41, 5.74) is 1.34. The molecule has 0 unspecified atom stereocenters. The summed E-state index contributed by atoms with van der Waals surface area (Å²) in [5.74, 6) is 1.69. The van der Waals surface area contributed by atoms with E-state index in [0.717, 1.165) is 57.3 Å². The fourth-order valence-corrected chi connectivity index (χ4v) is 3.37. The van der Waals surface area contributed by atoms with Crippen LogP contribution in [0.15, 0.2) is 29.3 Å². The first-order valence-corrected chi connectivity index (χ1v) is 9.97. The maximum Gasteiger partial charge on any atom is 0.191 e. The van der Waals surface area contributed by atoms with E-state index in [0.29, 0.717) is 19.8 Å². The van der Waals surface area contributed by atoms with Crippen LogP contribution < -0.4 is 15.4 Å². The molecule has 0 aliphatic carbocycles. The van der Waals surface area contributed by atoms with Gasteiger partial charge in [0.25, 0.3) is 0 Å². The second kappa shape index (κ2) is 12.6. The van der Waals surface area contributed by atoms with E-state index >= 15 is 0 Å². The van der Waals surface area contributed by atoms with Crippen LogP contribution in [0.2, 0.25) is 0 Å². The molecule has 1 aliphatic heterocycles. The molecular formula is C21H35N3O4. The lowest BCUT2D eigenvalue weighted by Gasteiger charge is -2.38. The highest BCUT2D eigenvalue weighted by Gasteiger charge is 2.34. The maximum absolute atomic E-state index is 5.62. The van der Waals surface area contributed by atoms with Gasteiger partial charge in [-0.1, -0.05) is 12.1 Å². The van der Waals surface area contributed by atoms with Gasteiger partial charge in [-0.25, -0.2) is 0 Å². The molecule has 1 aromatic rings. The molecule has 2 N–H and O–H groups in total. The number of methoxy groups -OCH3 is 2. The molecule has 158 valence electrons. The fourth-order valence-electron chi connectivity index (χ4n) is 3.37. The summed E-state index contributed by atoms with van der Waals surface area (Å²) in [7, 11) is 5.17. The number of aliphatic imine (C=N–C) groups is 1. The van der Waals surface area contributed by atoms with E-state index in [9.17, 15) is 0 Å². The van der Waals surface area contributed by atoms with Crippen LogP contribution in [-0.4, -0.2) is 73.4 Å². The van der Waals surface area contributed by atoms with Gasteiger partial charge in [-0.2, -0.15) is 0 Å². The molecule has 1 fully saturated rings. The molecule has 0 atom stereocenters. The van der Waals surface area contributed by atoms with E-state index in [4.69, 9.17) is 18.9 Å². The quantitative estimate of drug-likeness (QED) is 0.340. The molecule has 7 nitrogen and oxygen atoms in total. The van der Waals surface area contributed by atoms with Gasteiger partial charge >= 0.3 is 0 Å². The van der Waals surface area contributed by atoms with Crippen LogP contribution in [0.25, 0.3) is 0 Å². The molecule has 2 rings (SSSR count).